The van der Waals surface area contributed by atoms with Gasteiger partial charge in [0.2, 0.25) is 0 Å². The number of allylic oxidation sites excluding steroid dienone is 1. The van der Waals surface area contributed by atoms with E-state index in [9.17, 15) is 0 Å². The summed E-state index contributed by atoms with van der Waals surface area (Å²) in [5.74, 6) is 0. The van der Waals surface area contributed by atoms with Gasteiger partial charge in [-0.1, -0.05) is 39.1 Å². The van der Waals surface area contributed by atoms with Crippen LogP contribution in [-0.2, 0) is 0 Å². The molecular formula is C9H20Si. The van der Waals surface area contributed by atoms with Crippen molar-refractivity contribution in [1.29, 1.82) is 0 Å². The van der Waals surface area contributed by atoms with E-state index in [-0.39, 0.29) is 0 Å². The first-order chi connectivity index (χ1) is 4.19. The zero-order valence-corrected chi connectivity index (χ0v) is 9.21. The van der Waals surface area contributed by atoms with Gasteiger partial charge in [0, 0.05) is 0 Å². The lowest BCUT2D eigenvalue weighted by molar-refractivity contribution is 0.725. The second-order valence-corrected chi connectivity index (χ2v) is 10.3. The maximum atomic E-state index is 4.05. The van der Waals surface area contributed by atoms with Crippen molar-refractivity contribution in [2.75, 3.05) is 0 Å². The molecule has 0 aromatic heterocycles. The molecule has 0 amide bonds. The van der Waals surface area contributed by atoms with Crippen LogP contribution in [0.25, 0.3) is 0 Å². The van der Waals surface area contributed by atoms with Crippen LogP contribution >= 0.6 is 0 Å². The highest BCUT2D eigenvalue weighted by molar-refractivity contribution is 6.86. The molecule has 0 aromatic rings. The Balaban J connectivity index is 4.57. The van der Waals surface area contributed by atoms with Crippen LogP contribution in [0.15, 0.2) is 11.8 Å². The van der Waals surface area contributed by atoms with Gasteiger partial charge in [0.1, 0.15) is 0 Å². The predicted molar refractivity (Wildman–Crippen MR) is 52.0 cm³/mol. The molecule has 10 heavy (non-hydrogen) atoms. The first kappa shape index (κ1) is 9.96. The summed E-state index contributed by atoms with van der Waals surface area (Å²) in [6.45, 7) is 17.9. The van der Waals surface area contributed by atoms with Gasteiger partial charge in [-0.3, -0.25) is 0 Å². The third-order valence-corrected chi connectivity index (χ3v) is 8.83. The van der Waals surface area contributed by atoms with Gasteiger partial charge in [-0.05, 0) is 12.0 Å². The molecule has 0 unspecified atom stereocenters. The van der Waals surface area contributed by atoms with Crippen molar-refractivity contribution in [3.05, 3.63) is 11.8 Å². The molecule has 0 heterocycles. The molecule has 0 saturated carbocycles. The summed E-state index contributed by atoms with van der Waals surface area (Å²) < 4.78 is 0. The van der Waals surface area contributed by atoms with Crippen LogP contribution in [0, 0.1) is 0 Å². The normalized spacial score (nSPS) is 13.4. The monoisotopic (exact) mass is 156 g/mol. The Hall–Kier alpha value is -0.0431. The van der Waals surface area contributed by atoms with E-state index in [1.807, 2.05) is 0 Å². The van der Waals surface area contributed by atoms with E-state index in [1.165, 1.54) is 5.20 Å². The Labute approximate surface area is 66.4 Å². The van der Waals surface area contributed by atoms with E-state index < -0.39 is 8.07 Å². The number of hydrogen-bond donors (Lipinski definition) is 0. The smallest absolute Gasteiger partial charge is 0.0796 e. The van der Waals surface area contributed by atoms with Gasteiger partial charge in [-0.15, -0.1) is 6.58 Å². The average molecular weight is 156 g/mol. The van der Waals surface area contributed by atoms with E-state index >= 15 is 0 Å². The molecular weight excluding hydrogens is 136 g/mol. The van der Waals surface area contributed by atoms with Crippen LogP contribution in [0.5, 0.6) is 0 Å². The lowest BCUT2D eigenvalue weighted by Gasteiger charge is -2.37. The fraction of sp³-hybridized carbons (Fsp3) is 0.778. The Morgan fingerprint density at radius 3 is 1.50 bits per heavy atom. The first-order valence-electron chi connectivity index (χ1n) is 3.85. The summed E-state index contributed by atoms with van der Waals surface area (Å²) in [7, 11) is -1.18. The lowest BCUT2D eigenvalue weighted by Crippen LogP contribution is -2.38. The van der Waals surface area contributed by atoms with Gasteiger partial charge in [-0.2, -0.15) is 0 Å². The van der Waals surface area contributed by atoms with Crippen LogP contribution in [0.4, 0.5) is 0 Å². The molecule has 0 saturated heterocycles. The minimum absolute atomic E-state index is 0.457. The molecule has 0 fully saturated rings. The van der Waals surface area contributed by atoms with Crippen molar-refractivity contribution < 1.29 is 0 Å². The first-order valence-corrected chi connectivity index (χ1v) is 6.85. The Kier molecular flexibility index (Phi) is 2.52. The maximum absolute atomic E-state index is 4.05. The van der Waals surface area contributed by atoms with E-state index in [4.69, 9.17) is 0 Å². The largest absolute Gasteiger partial charge is 0.104 e. The van der Waals surface area contributed by atoms with Crippen LogP contribution < -0.4 is 0 Å². The minimum Gasteiger partial charge on any atom is -0.104 e. The van der Waals surface area contributed by atoms with Gasteiger partial charge in [0.25, 0.3) is 0 Å². The van der Waals surface area contributed by atoms with Crippen molar-refractivity contribution in [1.82, 2.24) is 0 Å². The second kappa shape index (κ2) is 2.53. The molecule has 0 radical (unpaired) electrons. The van der Waals surface area contributed by atoms with E-state index in [0.29, 0.717) is 5.04 Å². The average Bonchev–Trinajstić information content (AvgIpc) is 1.62. The second-order valence-electron chi connectivity index (χ2n) is 4.66. The molecule has 0 aromatic carbocycles. The Morgan fingerprint density at radius 2 is 1.50 bits per heavy atom. The van der Waals surface area contributed by atoms with E-state index in [1.54, 1.807) is 0 Å². The zero-order chi connectivity index (χ0) is 8.58. The SMILES string of the molecule is C=C(C)[Si](C)(C)C(C)(C)C. The van der Waals surface area contributed by atoms with Crippen LogP contribution in [0.1, 0.15) is 27.7 Å². The quantitative estimate of drug-likeness (QED) is 0.509. The molecule has 1 heteroatoms. The summed E-state index contributed by atoms with van der Waals surface area (Å²) in [6.07, 6.45) is 0. The van der Waals surface area contributed by atoms with Gasteiger partial charge in [0.15, 0.2) is 0 Å². The molecule has 0 bridgehead atoms. The number of hydrogen-bond acceptors (Lipinski definition) is 0. The molecule has 0 aliphatic heterocycles. The predicted octanol–water partition coefficient (Wildman–Crippen LogP) is 3.61. The summed E-state index contributed by atoms with van der Waals surface area (Å²) in [5.41, 5.74) is 0. The topological polar surface area (TPSA) is 0 Å². The van der Waals surface area contributed by atoms with Gasteiger partial charge in [-0.25, -0.2) is 0 Å². The van der Waals surface area contributed by atoms with Crippen molar-refractivity contribution in [3.63, 3.8) is 0 Å². The summed E-state index contributed by atoms with van der Waals surface area (Å²) >= 11 is 0. The van der Waals surface area contributed by atoms with Crippen molar-refractivity contribution >= 4 is 8.07 Å². The molecule has 0 atom stereocenters. The molecule has 0 rings (SSSR count). The number of rotatable bonds is 1. The molecule has 0 spiro atoms. The van der Waals surface area contributed by atoms with Crippen LogP contribution in [-0.4, -0.2) is 8.07 Å². The molecule has 0 aliphatic carbocycles. The molecule has 0 aliphatic rings. The highest BCUT2D eigenvalue weighted by atomic mass is 28.3. The standard InChI is InChI=1S/C9H20Si/c1-8(2)10(6,7)9(3,4)5/h1H2,2-7H3. The fourth-order valence-electron chi connectivity index (χ4n) is 0.640. The fourth-order valence-corrected chi connectivity index (χ4v) is 1.92. The van der Waals surface area contributed by atoms with Crippen LogP contribution in [0.2, 0.25) is 18.1 Å². The summed E-state index contributed by atoms with van der Waals surface area (Å²) in [4.78, 5) is 0. The highest BCUT2D eigenvalue weighted by Crippen LogP contribution is 2.39. The van der Waals surface area contributed by atoms with Crippen molar-refractivity contribution in [2.45, 2.75) is 45.8 Å². The lowest BCUT2D eigenvalue weighted by atomic mass is 10.2. The molecule has 0 N–H and O–H groups in total. The van der Waals surface area contributed by atoms with Gasteiger partial charge >= 0.3 is 0 Å². The summed E-state index contributed by atoms with van der Waals surface area (Å²) in [5, 5.41) is 1.86. The molecule has 60 valence electrons. The van der Waals surface area contributed by atoms with E-state index in [2.05, 4.69) is 47.4 Å². The highest BCUT2D eigenvalue weighted by Gasteiger charge is 2.35. The Morgan fingerprint density at radius 1 is 1.20 bits per heavy atom. The maximum Gasteiger partial charge on any atom is 0.0796 e. The minimum atomic E-state index is -1.18. The van der Waals surface area contributed by atoms with Gasteiger partial charge < -0.3 is 0 Å². The van der Waals surface area contributed by atoms with Crippen molar-refractivity contribution in [3.8, 4) is 0 Å². The van der Waals surface area contributed by atoms with Gasteiger partial charge in [0.05, 0.1) is 8.07 Å². The van der Waals surface area contributed by atoms with Crippen LogP contribution in [0.3, 0.4) is 0 Å². The van der Waals surface area contributed by atoms with E-state index in [0.717, 1.165) is 0 Å². The zero-order valence-electron chi connectivity index (χ0n) is 8.21. The Bertz CT molecular complexity index is 137. The van der Waals surface area contributed by atoms with Crippen molar-refractivity contribution in [2.24, 2.45) is 0 Å². The summed E-state index contributed by atoms with van der Waals surface area (Å²) in [6, 6.07) is 0. The third kappa shape index (κ3) is 1.72. The molecule has 0 nitrogen and oxygen atoms in total. The third-order valence-electron chi connectivity index (χ3n) is 2.94.